The van der Waals surface area contributed by atoms with E-state index in [2.05, 4.69) is 15.3 Å². The monoisotopic (exact) mass is 348 g/mol. The molecule has 1 aliphatic heterocycles. The highest BCUT2D eigenvalue weighted by molar-refractivity contribution is 5.92. The van der Waals surface area contributed by atoms with Crippen LogP contribution in [0.3, 0.4) is 0 Å². The third kappa shape index (κ3) is 3.71. The van der Waals surface area contributed by atoms with Gasteiger partial charge in [-0.05, 0) is 51.1 Å². The SMILES string of the molecule is CC(c1cc(F)ccc1F)N(C)C(=O)c1cnc(C2CCNCC2)[nH]1. The smallest absolute Gasteiger partial charge is 0.272 e. The highest BCUT2D eigenvalue weighted by atomic mass is 19.1. The second kappa shape index (κ2) is 7.31. The lowest BCUT2D eigenvalue weighted by atomic mass is 9.98. The molecule has 0 saturated carbocycles. The van der Waals surface area contributed by atoms with Crippen molar-refractivity contribution in [2.45, 2.75) is 31.7 Å². The Kier molecular flexibility index (Phi) is 5.13. The molecule has 1 aliphatic rings. The van der Waals surface area contributed by atoms with Gasteiger partial charge in [0.1, 0.15) is 23.2 Å². The van der Waals surface area contributed by atoms with Crippen LogP contribution in [0.5, 0.6) is 0 Å². The van der Waals surface area contributed by atoms with Crippen LogP contribution in [0, 0.1) is 11.6 Å². The number of piperidine rings is 1. The number of carbonyl (C=O) groups is 1. The Morgan fingerprint density at radius 1 is 1.32 bits per heavy atom. The van der Waals surface area contributed by atoms with E-state index in [1.807, 2.05) is 0 Å². The highest BCUT2D eigenvalue weighted by Crippen LogP contribution is 2.26. The third-order valence-corrected chi connectivity index (χ3v) is 4.86. The van der Waals surface area contributed by atoms with Crippen LogP contribution in [0.25, 0.3) is 0 Å². The van der Waals surface area contributed by atoms with E-state index in [9.17, 15) is 13.6 Å². The number of aromatic amines is 1. The van der Waals surface area contributed by atoms with Gasteiger partial charge in [0, 0.05) is 18.5 Å². The number of hydrogen-bond donors (Lipinski definition) is 2. The van der Waals surface area contributed by atoms with Crippen molar-refractivity contribution in [2.24, 2.45) is 0 Å². The molecule has 7 heteroatoms. The average Bonchev–Trinajstić information content (AvgIpc) is 3.13. The van der Waals surface area contributed by atoms with Gasteiger partial charge in [-0.15, -0.1) is 0 Å². The first-order valence-corrected chi connectivity index (χ1v) is 8.45. The Balaban J connectivity index is 1.75. The highest BCUT2D eigenvalue weighted by Gasteiger charge is 2.25. The second-order valence-electron chi connectivity index (χ2n) is 6.46. The molecule has 2 heterocycles. The van der Waals surface area contributed by atoms with Crippen LogP contribution in [0.1, 0.15) is 53.6 Å². The van der Waals surface area contributed by atoms with Gasteiger partial charge in [-0.3, -0.25) is 4.79 Å². The zero-order valence-corrected chi connectivity index (χ0v) is 14.4. The van der Waals surface area contributed by atoms with Crippen LogP contribution in [0.15, 0.2) is 24.4 Å². The molecular weight excluding hydrogens is 326 g/mol. The molecule has 0 radical (unpaired) electrons. The van der Waals surface area contributed by atoms with Crippen molar-refractivity contribution in [1.82, 2.24) is 20.2 Å². The topological polar surface area (TPSA) is 61.0 Å². The number of H-pyrrole nitrogens is 1. The molecule has 1 atom stereocenters. The Morgan fingerprint density at radius 3 is 2.76 bits per heavy atom. The molecule has 0 spiro atoms. The van der Waals surface area contributed by atoms with E-state index in [0.717, 1.165) is 50.0 Å². The van der Waals surface area contributed by atoms with Crippen LogP contribution in [0.2, 0.25) is 0 Å². The number of nitrogens with one attached hydrogen (secondary N) is 2. The molecule has 2 N–H and O–H groups in total. The van der Waals surface area contributed by atoms with Crippen molar-refractivity contribution < 1.29 is 13.6 Å². The Bertz CT molecular complexity index is 755. The number of amides is 1. The molecule has 0 bridgehead atoms. The molecule has 1 saturated heterocycles. The van der Waals surface area contributed by atoms with Gasteiger partial charge in [-0.1, -0.05) is 0 Å². The average molecular weight is 348 g/mol. The van der Waals surface area contributed by atoms with E-state index in [1.54, 1.807) is 14.0 Å². The predicted molar refractivity (Wildman–Crippen MR) is 90.3 cm³/mol. The number of nitrogens with zero attached hydrogens (tertiary/aromatic N) is 2. The first-order valence-electron chi connectivity index (χ1n) is 8.45. The molecule has 5 nitrogen and oxygen atoms in total. The summed E-state index contributed by atoms with van der Waals surface area (Å²) < 4.78 is 27.4. The maximum Gasteiger partial charge on any atom is 0.272 e. The van der Waals surface area contributed by atoms with Crippen LogP contribution in [-0.4, -0.2) is 40.9 Å². The van der Waals surface area contributed by atoms with Crippen molar-refractivity contribution in [2.75, 3.05) is 20.1 Å². The van der Waals surface area contributed by atoms with Crippen molar-refractivity contribution in [3.05, 3.63) is 53.1 Å². The number of rotatable bonds is 4. The summed E-state index contributed by atoms with van der Waals surface area (Å²) in [6, 6.07) is 2.66. The quantitative estimate of drug-likeness (QED) is 0.893. The molecule has 1 fully saturated rings. The van der Waals surface area contributed by atoms with Gasteiger partial charge in [0.05, 0.1) is 12.2 Å². The van der Waals surface area contributed by atoms with Gasteiger partial charge in [0.2, 0.25) is 0 Å². The normalized spacial score (nSPS) is 16.6. The summed E-state index contributed by atoms with van der Waals surface area (Å²) in [4.78, 5) is 21.5. The number of hydrogen-bond acceptors (Lipinski definition) is 3. The maximum absolute atomic E-state index is 14.0. The number of imidazole rings is 1. The maximum atomic E-state index is 14.0. The first kappa shape index (κ1) is 17.5. The minimum atomic E-state index is -0.603. The molecule has 0 aliphatic carbocycles. The summed E-state index contributed by atoms with van der Waals surface area (Å²) in [5.41, 5.74) is 0.508. The van der Waals surface area contributed by atoms with E-state index in [0.29, 0.717) is 11.6 Å². The van der Waals surface area contributed by atoms with Crippen molar-refractivity contribution >= 4 is 5.91 Å². The van der Waals surface area contributed by atoms with Crippen molar-refractivity contribution in [3.8, 4) is 0 Å². The second-order valence-corrected chi connectivity index (χ2v) is 6.46. The summed E-state index contributed by atoms with van der Waals surface area (Å²) in [7, 11) is 1.57. The van der Waals surface area contributed by atoms with Gasteiger partial charge < -0.3 is 15.2 Å². The summed E-state index contributed by atoms with van der Waals surface area (Å²) in [5.74, 6) is -0.245. The lowest BCUT2D eigenvalue weighted by Crippen LogP contribution is -2.30. The Labute approximate surface area is 145 Å². The molecule has 1 aromatic carbocycles. The minimum absolute atomic E-state index is 0.147. The van der Waals surface area contributed by atoms with Crippen LogP contribution >= 0.6 is 0 Å². The summed E-state index contributed by atoms with van der Waals surface area (Å²) in [6.07, 6.45) is 3.47. The van der Waals surface area contributed by atoms with Gasteiger partial charge >= 0.3 is 0 Å². The fourth-order valence-electron chi connectivity index (χ4n) is 3.16. The molecule has 2 aromatic rings. The molecular formula is C18H22F2N4O. The van der Waals surface area contributed by atoms with Crippen molar-refractivity contribution in [1.29, 1.82) is 0 Å². The fourth-order valence-corrected chi connectivity index (χ4v) is 3.16. The minimum Gasteiger partial charge on any atom is -0.338 e. The first-order chi connectivity index (χ1) is 12.0. The van der Waals surface area contributed by atoms with Crippen molar-refractivity contribution in [3.63, 3.8) is 0 Å². The van der Waals surface area contributed by atoms with Gasteiger partial charge in [0.25, 0.3) is 5.91 Å². The molecule has 1 aromatic heterocycles. The Hall–Kier alpha value is -2.28. The molecule has 3 rings (SSSR count). The van der Waals surface area contributed by atoms with E-state index >= 15 is 0 Å². The number of halogens is 2. The number of aromatic nitrogens is 2. The lowest BCUT2D eigenvalue weighted by Gasteiger charge is -2.25. The van der Waals surface area contributed by atoms with Crippen LogP contribution in [0.4, 0.5) is 8.78 Å². The molecule has 134 valence electrons. The summed E-state index contributed by atoms with van der Waals surface area (Å²) >= 11 is 0. The van der Waals surface area contributed by atoms with Crippen LogP contribution in [-0.2, 0) is 0 Å². The van der Waals surface area contributed by atoms with E-state index < -0.39 is 17.7 Å². The number of benzene rings is 1. The molecule has 25 heavy (non-hydrogen) atoms. The van der Waals surface area contributed by atoms with Gasteiger partial charge in [-0.25, -0.2) is 13.8 Å². The predicted octanol–water partition coefficient (Wildman–Crippen LogP) is 2.99. The van der Waals surface area contributed by atoms with Gasteiger partial charge in [0.15, 0.2) is 0 Å². The standard InChI is InChI=1S/C18H22F2N4O/c1-11(14-9-13(19)3-4-15(14)20)24(2)18(25)16-10-22-17(23-16)12-5-7-21-8-6-12/h3-4,9-12,21H,5-8H2,1-2H3,(H,22,23). The zero-order valence-electron chi connectivity index (χ0n) is 14.4. The van der Waals surface area contributed by atoms with Crippen LogP contribution < -0.4 is 5.32 Å². The number of carbonyl (C=O) groups excluding carboxylic acids is 1. The Morgan fingerprint density at radius 2 is 2.04 bits per heavy atom. The van der Waals surface area contributed by atoms with Gasteiger partial charge in [-0.2, -0.15) is 0 Å². The fraction of sp³-hybridized carbons (Fsp3) is 0.444. The van der Waals surface area contributed by atoms with E-state index in [4.69, 9.17) is 0 Å². The van der Waals surface area contributed by atoms with E-state index in [-0.39, 0.29) is 11.5 Å². The van der Waals surface area contributed by atoms with E-state index in [1.165, 1.54) is 11.1 Å². The molecule has 1 amide bonds. The largest absolute Gasteiger partial charge is 0.338 e. The summed E-state index contributed by atoms with van der Waals surface area (Å²) in [6.45, 7) is 3.54. The zero-order chi connectivity index (χ0) is 18.0. The summed E-state index contributed by atoms with van der Waals surface area (Å²) in [5, 5.41) is 3.29. The lowest BCUT2D eigenvalue weighted by molar-refractivity contribution is 0.0734. The molecule has 1 unspecified atom stereocenters. The third-order valence-electron chi connectivity index (χ3n) is 4.86.